The molecule has 0 unspecified atom stereocenters. The minimum Gasteiger partial charge on any atom is -0.445 e. The van der Waals surface area contributed by atoms with Gasteiger partial charge in [-0.3, -0.25) is 9.59 Å². The number of nitrogens with two attached hydrogens (primary N) is 1. The van der Waals surface area contributed by atoms with Crippen LogP contribution in [0.3, 0.4) is 0 Å². The summed E-state index contributed by atoms with van der Waals surface area (Å²) in [6, 6.07) is 12.5. The first kappa shape index (κ1) is 20.9. The second-order valence-electron chi connectivity index (χ2n) is 6.11. The molecule has 148 valence electrons. The summed E-state index contributed by atoms with van der Waals surface area (Å²) in [6.45, 7) is 0.703. The standard InChI is InChI=1S/C20H24N4O4/c21-18(26)16-10-7-13-22-19(16)24-17(25)11-5-2-6-12-23-20(27)28-14-15-8-3-1-4-9-15/h1,3-4,7-10,13H,2,5-6,11-12,14H2,(H2,21,26)(H,23,27)(H,22,24,25). The highest BCUT2D eigenvalue weighted by molar-refractivity contribution is 6.01. The maximum Gasteiger partial charge on any atom is 0.407 e. The van der Waals surface area contributed by atoms with E-state index in [1.807, 2.05) is 30.3 Å². The molecule has 1 heterocycles. The molecule has 0 spiro atoms. The van der Waals surface area contributed by atoms with E-state index in [9.17, 15) is 14.4 Å². The fraction of sp³-hybridized carbons (Fsp3) is 0.300. The number of alkyl carbamates (subject to hydrolysis) is 1. The number of rotatable bonds is 10. The van der Waals surface area contributed by atoms with Crippen LogP contribution in [0.4, 0.5) is 10.6 Å². The van der Waals surface area contributed by atoms with Crippen molar-refractivity contribution < 1.29 is 19.1 Å². The average molecular weight is 384 g/mol. The molecule has 0 aliphatic carbocycles. The molecule has 28 heavy (non-hydrogen) atoms. The van der Waals surface area contributed by atoms with E-state index in [0.29, 0.717) is 13.0 Å². The Morgan fingerprint density at radius 1 is 1.00 bits per heavy atom. The highest BCUT2D eigenvalue weighted by Gasteiger charge is 2.11. The Morgan fingerprint density at radius 3 is 2.54 bits per heavy atom. The van der Waals surface area contributed by atoms with Gasteiger partial charge >= 0.3 is 6.09 Å². The number of nitrogens with one attached hydrogen (secondary N) is 2. The number of primary amides is 1. The van der Waals surface area contributed by atoms with E-state index in [1.54, 1.807) is 6.07 Å². The minimum absolute atomic E-state index is 0.169. The van der Waals surface area contributed by atoms with Crippen molar-refractivity contribution in [3.8, 4) is 0 Å². The van der Waals surface area contributed by atoms with Crippen molar-refractivity contribution in [2.24, 2.45) is 5.73 Å². The Morgan fingerprint density at radius 2 is 1.79 bits per heavy atom. The number of anilines is 1. The third-order valence-corrected chi connectivity index (χ3v) is 3.89. The predicted molar refractivity (Wildman–Crippen MR) is 104 cm³/mol. The van der Waals surface area contributed by atoms with Crippen molar-refractivity contribution >= 4 is 23.7 Å². The molecule has 2 rings (SSSR count). The monoisotopic (exact) mass is 384 g/mol. The summed E-state index contributed by atoms with van der Waals surface area (Å²) in [5.74, 6) is -0.715. The van der Waals surface area contributed by atoms with Crippen LogP contribution in [0.2, 0.25) is 0 Å². The molecule has 0 radical (unpaired) electrons. The Kier molecular flexibility index (Phi) is 8.45. The van der Waals surface area contributed by atoms with Gasteiger partial charge in [0.05, 0.1) is 5.56 Å². The lowest BCUT2D eigenvalue weighted by atomic mass is 10.2. The van der Waals surface area contributed by atoms with E-state index in [1.165, 1.54) is 12.3 Å². The molecule has 1 aromatic carbocycles. The fourth-order valence-corrected chi connectivity index (χ4v) is 2.45. The number of nitrogens with zero attached hydrogens (tertiary/aromatic N) is 1. The van der Waals surface area contributed by atoms with E-state index in [0.717, 1.165) is 18.4 Å². The van der Waals surface area contributed by atoms with Crippen LogP contribution >= 0.6 is 0 Å². The molecule has 8 nitrogen and oxygen atoms in total. The van der Waals surface area contributed by atoms with Crippen molar-refractivity contribution in [3.05, 3.63) is 59.8 Å². The molecule has 1 aromatic heterocycles. The summed E-state index contributed by atoms with van der Waals surface area (Å²) in [7, 11) is 0. The van der Waals surface area contributed by atoms with Gasteiger partial charge in [0, 0.05) is 19.2 Å². The predicted octanol–water partition coefficient (Wildman–Crippen LogP) is 2.61. The average Bonchev–Trinajstić information content (AvgIpc) is 2.70. The Hall–Kier alpha value is -3.42. The summed E-state index contributed by atoms with van der Waals surface area (Å²) < 4.78 is 5.11. The zero-order valence-corrected chi connectivity index (χ0v) is 15.5. The van der Waals surface area contributed by atoms with Crippen LogP contribution < -0.4 is 16.4 Å². The van der Waals surface area contributed by atoms with Gasteiger partial charge in [-0.2, -0.15) is 0 Å². The largest absolute Gasteiger partial charge is 0.445 e. The number of benzene rings is 1. The van der Waals surface area contributed by atoms with Gasteiger partial charge in [0.15, 0.2) is 0 Å². The number of carbonyl (C=O) groups excluding carboxylic acids is 3. The number of carbonyl (C=O) groups is 3. The van der Waals surface area contributed by atoms with Gasteiger partial charge in [0.2, 0.25) is 5.91 Å². The van der Waals surface area contributed by atoms with Crippen LogP contribution in [0.1, 0.15) is 41.6 Å². The lowest BCUT2D eigenvalue weighted by Gasteiger charge is -2.08. The molecule has 3 amide bonds. The zero-order chi connectivity index (χ0) is 20.2. The van der Waals surface area contributed by atoms with Gasteiger partial charge < -0.3 is 21.1 Å². The van der Waals surface area contributed by atoms with Gasteiger partial charge in [-0.25, -0.2) is 9.78 Å². The number of aromatic nitrogens is 1. The first-order valence-corrected chi connectivity index (χ1v) is 9.05. The number of ether oxygens (including phenoxy) is 1. The SMILES string of the molecule is NC(=O)c1cccnc1NC(=O)CCCCCNC(=O)OCc1ccccc1. The first-order valence-electron chi connectivity index (χ1n) is 9.05. The quantitative estimate of drug-likeness (QED) is 0.543. The Labute approximate surface area is 163 Å². The molecule has 0 bridgehead atoms. The molecule has 0 fully saturated rings. The van der Waals surface area contributed by atoms with Gasteiger partial charge in [-0.05, 0) is 30.5 Å². The van der Waals surface area contributed by atoms with Crippen LogP contribution in [-0.2, 0) is 16.1 Å². The second kappa shape index (κ2) is 11.3. The summed E-state index contributed by atoms with van der Waals surface area (Å²) in [5.41, 5.74) is 6.35. The van der Waals surface area contributed by atoms with E-state index in [-0.39, 0.29) is 30.3 Å². The van der Waals surface area contributed by atoms with E-state index >= 15 is 0 Å². The summed E-state index contributed by atoms with van der Waals surface area (Å²) in [5, 5.41) is 5.27. The van der Waals surface area contributed by atoms with Crippen LogP contribution in [-0.4, -0.2) is 29.4 Å². The first-order chi connectivity index (χ1) is 13.6. The third-order valence-electron chi connectivity index (χ3n) is 3.89. The molecule has 0 saturated heterocycles. The maximum absolute atomic E-state index is 12.0. The van der Waals surface area contributed by atoms with Crippen molar-refractivity contribution in [1.29, 1.82) is 0 Å². The van der Waals surface area contributed by atoms with Crippen LogP contribution in [0, 0.1) is 0 Å². The summed E-state index contributed by atoms with van der Waals surface area (Å²) in [6.07, 6.45) is 3.43. The van der Waals surface area contributed by atoms with Crippen molar-refractivity contribution in [3.63, 3.8) is 0 Å². The number of amides is 3. The number of pyridine rings is 1. The zero-order valence-electron chi connectivity index (χ0n) is 15.5. The lowest BCUT2D eigenvalue weighted by Crippen LogP contribution is -2.25. The maximum atomic E-state index is 12.0. The van der Waals surface area contributed by atoms with Crippen LogP contribution in [0.15, 0.2) is 48.7 Å². The second-order valence-corrected chi connectivity index (χ2v) is 6.11. The minimum atomic E-state index is -0.645. The topological polar surface area (TPSA) is 123 Å². The van der Waals surface area contributed by atoms with E-state index in [2.05, 4.69) is 15.6 Å². The molecule has 4 N–H and O–H groups in total. The molecular formula is C20H24N4O4. The van der Waals surface area contributed by atoms with E-state index < -0.39 is 12.0 Å². The molecule has 0 saturated carbocycles. The number of hydrogen-bond acceptors (Lipinski definition) is 5. The highest BCUT2D eigenvalue weighted by Crippen LogP contribution is 2.11. The molecule has 8 heteroatoms. The molecule has 0 atom stereocenters. The fourth-order valence-electron chi connectivity index (χ4n) is 2.45. The normalized spacial score (nSPS) is 10.1. The molecule has 0 aliphatic rings. The highest BCUT2D eigenvalue weighted by atomic mass is 16.5. The van der Waals surface area contributed by atoms with Crippen LogP contribution in [0.5, 0.6) is 0 Å². The third kappa shape index (κ3) is 7.45. The molecule has 0 aliphatic heterocycles. The van der Waals surface area contributed by atoms with Crippen molar-refractivity contribution in [2.45, 2.75) is 32.3 Å². The summed E-state index contributed by atoms with van der Waals surface area (Å²) >= 11 is 0. The van der Waals surface area contributed by atoms with Crippen molar-refractivity contribution in [2.75, 3.05) is 11.9 Å². The van der Waals surface area contributed by atoms with Crippen LogP contribution in [0.25, 0.3) is 0 Å². The summed E-state index contributed by atoms with van der Waals surface area (Å²) in [4.78, 5) is 38.8. The van der Waals surface area contributed by atoms with Crippen molar-refractivity contribution in [1.82, 2.24) is 10.3 Å². The van der Waals surface area contributed by atoms with Gasteiger partial charge in [-0.1, -0.05) is 36.8 Å². The lowest BCUT2D eigenvalue weighted by molar-refractivity contribution is -0.116. The Balaban J connectivity index is 1.56. The van der Waals surface area contributed by atoms with E-state index in [4.69, 9.17) is 10.5 Å². The number of hydrogen-bond donors (Lipinski definition) is 3. The number of unbranched alkanes of at least 4 members (excludes halogenated alkanes) is 2. The smallest absolute Gasteiger partial charge is 0.407 e. The van der Waals surface area contributed by atoms with Gasteiger partial charge in [0.1, 0.15) is 12.4 Å². The molecular weight excluding hydrogens is 360 g/mol. The Bertz CT molecular complexity index is 796. The van der Waals surface area contributed by atoms with Gasteiger partial charge in [0.25, 0.3) is 5.91 Å². The molecule has 2 aromatic rings. The van der Waals surface area contributed by atoms with Gasteiger partial charge in [-0.15, -0.1) is 0 Å².